The molecule has 0 saturated carbocycles. The molecular weight excluding hydrogens is 330 g/mol. The maximum Gasteiger partial charge on any atom is 0.300 e. The Bertz CT molecular complexity index is 626. The van der Waals surface area contributed by atoms with E-state index in [-0.39, 0.29) is 27.4 Å². The predicted octanol–water partition coefficient (Wildman–Crippen LogP) is 1.07. The molecule has 112 valence electrons. The molecule has 1 N–H and O–H groups in total. The number of nitrogens with one attached hydrogen (secondary N) is 1. The number of hydrogen-bond donors (Lipinski definition) is 1. The van der Waals surface area contributed by atoms with Crippen LogP contribution in [-0.4, -0.2) is 44.8 Å². The van der Waals surface area contributed by atoms with Gasteiger partial charge in [-0.25, -0.2) is 13.1 Å². The number of rotatable bonds is 6. The third-order valence-electron chi connectivity index (χ3n) is 2.24. The van der Waals surface area contributed by atoms with E-state index in [1.54, 1.807) is 14.1 Å². The molecule has 8 nitrogen and oxygen atoms in total. The third kappa shape index (κ3) is 4.13. The molecule has 1 aromatic rings. The highest BCUT2D eigenvalue weighted by molar-refractivity contribution is 7.91. The van der Waals surface area contributed by atoms with E-state index in [9.17, 15) is 23.3 Å². The Hall–Kier alpha value is -1.23. The van der Waals surface area contributed by atoms with Crippen molar-refractivity contribution in [3.05, 3.63) is 20.5 Å². The highest BCUT2D eigenvalue weighted by Gasteiger charge is 2.25. The summed E-state index contributed by atoms with van der Waals surface area (Å²) >= 11 is 6.19. The summed E-state index contributed by atoms with van der Waals surface area (Å²) in [5.41, 5.74) is -0.457. The maximum atomic E-state index is 11.9. The summed E-state index contributed by atoms with van der Waals surface area (Å²) in [4.78, 5) is 22.5. The van der Waals surface area contributed by atoms with Gasteiger partial charge in [-0.15, -0.1) is 11.3 Å². The lowest BCUT2D eigenvalue weighted by atomic mass is 10.4. The molecule has 1 heterocycles. The Morgan fingerprint density at radius 3 is 2.60 bits per heavy atom. The Labute approximate surface area is 124 Å². The second-order valence-corrected chi connectivity index (χ2v) is 7.57. The summed E-state index contributed by atoms with van der Waals surface area (Å²) in [5.74, 6) is -0.233. The van der Waals surface area contributed by atoms with Gasteiger partial charge in [-0.1, -0.05) is 11.6 Å². The molecule has 0 aromatic carbocycles. The third-order valence-corrected chi connectivity index (χ3v) is 5.51. The molecule has 0 saturated heterocycles. The molecule has 0 unspecified atom stereocenters. The summed E-state index contributed by atoms with van der Waals surface area (Å²) in [6, 6.07) is 0.892. The topological polar surface area (TPSA) is 110 Å². The smallest absolute Gasteiger partial charge is 0.300 e. The average Bonchev–Trinajstić information content (AvgIpc) is 2.71. The van der Waals surface area contributed by atoms with Crippen molar-refractivity contribution in [3.8, 4) is 0 Å². The lowest BCUT2D eigenvalue weighted by Gasteiger charge is -2.10. The van der Waals surface area contributed by atoms with E-state index in [1.165, 1.54) is 4.90 Å². The highest BCUT2D eigenvalue weighted by Crippen LogP contribution is 2.35. The zero-order valence-corrected chi connectivity index (χ0v) is 13.0. The maximum absolute atomic E-state index is 11.9. The molecule has 0 atom stereocenters. The fourth-order valence-electron chi connectivity index (χ4n) is 1.18. The van der Waals surface area contributed by atoms with Crippen molar-refractivity contribution in [2.24, 2.45) is 0 Å². The van der Waals surface area contributed by atoms with Crippen LogP contribution in [0.2, 0.25) is 4.34 Å². The van der Waals surface area contributed by atoms with E-state index in [0.717, 1.165) is 6.07 Å². The Morgan fingerprint density at radius 2 is 2.15 bits per heavy atom. The van der Waals surface area contributed by atoms with Crippen LogP contribution in [0.3, 0.4) is 0 Å². The average molecular weight is 342 g/mol. The van der Waals surface area contributed by atoms with Crippen LogP contribution in [0.4, 0.5) is 5.69 Å². The number of carbonyl (C=O) groups is 1. The molecule has 1 amide bonds. The van der Waals surface area contributed by atoms with Crippen molar-refractivity contribution in [2.45, 2.75) is 10.6 Å². The summed E-state index contributed by atoms with van der Waals surface area (Å²) in [7, 11) is -0.798. The Balaban J connectivity index is 2.77. The first-order valence-corrected chi connectivity index (χ1v) is 7.96. The van der Waals surface area contributed by atoms with Crippen LogP contribution in [0, 0.1) is 10.1 Å². The molecule has 0 aliphatic carbocycles. The zero-order chi connectivity index (χ0) is 15.5. The van der Waals surface area contributed by atoms with Crippen molar-refractivity contribution in [1.29, 1.82) is 0 Å². The van der Waals surface area contributed by atoms with Crippen LogP contribution in [0.1, 0.15) is 6.42 Å². The second-order valence-electron chi connectivity index (χ2n) is 3.92. The molecule has 1 rings (SSSR count). The van der Waals surface area contributed by atoms with Gasteiger partial charge in [0, 0.05) is 33.1 Å². The molecule has 0 aliphatic heterocycles. The van der Waals surface area contributed by atoms with Crippen LogP contribution in [0.25, 0.3) is 0 Å². The minimum atomic E-state index is -3.91. The fraction of sp³-hybridized carbons (Fsp3) is 0.444. The number of thiophene rings is 1. The first-order chi connectivity index (χ1) is 9.15. The molecule has 11 heteroatoms. The van der Waals surface area contributed by atoms with Gasteiger partial charge in [0.15, 0.2) is 4.34 Å². The van der Waals surface area contributed by atoms with E-state index in [4.69, 9.17) is 11.6 Å². The molecule has 0 spiro atoms. The second kappa shape index (κ2) is 6.48. The van der Waals surface area contributed by atoms with Gasteiger partial charge in [-0.2, -0.15) is 0 Å². The summed E-state index contributed by atoms with van der Waals surface area (Å²) < 4.78 is 25.5. The van der Waals surface area contributed by atoms with E-state index >= 15 is 0 Å². The van der Waals surface area contributed by atoms with Crippen LogP contribution >= 0.6 is 22.9 Å². The minimum Gasteiger partial charge on any atom is -0.349 e. The predicted molar refractivity (Wildman–Crippen MR) is 74.5 cm³/mol. The zero-order valence-electron chi connectivity index (χ0n) is 10.6. The molecule has 20 heavy (non-hydrogen) atoms. The van der Waals surface area contributed by atoms with Crippen molar-refractivity contribution >= 4 is 44.6 Å². The van der Waals surface area contributed by atoms with Crippen LogP contribution in [-0.2, 0) is 14.8 Å². The number of nitro groups is 1. The number of carbonyl (C=O) groups excluding carboxylic acids is 1. The van der Waals surface area contributed by atoms with Gasteiger partial charge in [0.25, 0.3) is 5.69 Å². The first-order valence-electron chi connectivity index (χ1n) is 5.28. The van der Waals surface area contributed by atoms with Gasteiger partial charge in [-0.3, -0.25) is 14.9 Å². The molecular formula is C9H12ClN3O5S2. The van der Waals surface area contributed by atoms with Gasteiger partial charge >= 0.3 is 0 Å². The van der Waals surface area contributed by atoms with Gasteiger partial charge in [0.2, 0.25) is 15.9 Å². The van der Waals surface area contributed by atoms with Gasteiger partial charge in [-0.05, 0) is 0 Å². The summed E-state index contributed by atoms with van der Waals surface area (Å²) in [6.45, 7) is -0.0946. The van der Waals surface area contributed by atoms with Crippen LogP contribution in [0.5, 0.6) is 0 Å². The van der Waals surface area contributed by atoms with Crippen molar-refractivity contribution < 1.29 is 18.1 Å². The van der Waals surface area contributed by atoms with E-state index < -0.39 is 20.6 Å². The van der Waals surface area contributed by atoms with Crippen molar-refractivity contribution in [1.82, 2.24) is 9.62 Å². The standard InChI is InChI=1S/C9H12ClN3O5S2/c1-12(2)7(14)3-4-11-20(17,18)8-5-6(13(15)16)9(10)19-8/h5,11H,3-4H2,1-2H3. The summed E-state index contributed by atoms with van der Waals surface area (Å²) in [6.07, 6.45) is -0.00652. The van der Waals surface area contributed by atoms with Gasteiger partial charge in [0.05, 0.1) is 4.92 Å². The highest BCUT2D eigenvalue weighted by atomic mass is 35.5. The van der Waals surface area contributed by atoms with Crippen molar-refractivity contribution in [3.63, 3.8) is 0 Å². The number of hydrogen-bond acceptors (Lipinski definition) is 6. The number of nitrogens with zero attached hydrogens (tertiary/aromatic N) is 2. The van der Waals surface area contributed by atoms with Gasteiger partial charge in [0.1, 0.15) is 4.21 Å². The SMILES string of the molecule is CN(C)C(=O)CCNS(=O)(=O)c1cc([N+](=O)[O-])c(Cl)s1. The minimum absolute atomic E-state index is 0.00652. The fourth-order valence-corrected chi connectivity index (χ4v) is 3.92. The molecule has 1 aromatic heterocycles. The van der Waals surface area contributed by atoms with Gasteiger partial charge < -0.3 is 4.90 Å². The summed E-state index contributed by atoms with van der Waals surface area (Å²) in [5, 5.41) is 10.6. The lowest BCUT2D eigenvalue weighted by molar-refractivity contribution is -0.384. The number of amides is 1. The van der Waals surface area contributed by atoms with E-state index in [2.05, 4.69) is 4.72 Å². The van der Waals surface area contributed by atoms with Crippen LogP contribution < -0.4 is 4.72 Å². The lowest BCUT2D eigenvalue weighted by Crippen LogP contribution is -2.29. The normalized spacial score (nSPS) is 11.3. The molecule has 0 fully saturated rings. The molecule has 0 aliphatic rings. The van der Waals surface area contributed by atoms with Crippen LogP contribution in [0.15, 0.2) is 10.3 Å². The molecule has 0 bridgehead atoms. The monoisotopic (exact) mass is 341 g/mol. The van der Waals surface area contributed by atoms with E-state index in [0.29, 0.717) is 11.3 Å². The Morgan fingerprint density at radius 1 is 1.55 bits per heavy atom. The molecule has 0 radical (unpaired) electrons. The van der Waals surface area contributed by atoms with E-state index in [1.807, 2.05) is 0 Å². The number of halogens is 1. The number of sulfonamides is 1. The quantitative estimate of drug-likeness (QED) is 0.614. The largest absolute Gasteiger partial charge is 0.349 e. The first kappa shape index (κ1) is 16.8. The van der Waals surface area contributed by atoms with Crippen molar-refractivity contribution in [2.75, 3.05) is 20.6 Å². The Kier molecular flexibility index (Phi) is 5.45.